The third kappa shape index (κ3) is 3.87. The first-order valence-corrected chi connectivity index (χ1v) is 8.14. The van der Waals surface area contributed by atoms with Gasteiger partial charge in [0.2, 0.25) is 5.91 Å². The van der Waals surface area contributed by atoms with Gasteiger partial charge in [0.25, 0.3) is 0 Å². The fourth-order valence-corrected chi connectivity index (χ4v) is 2.91. The molecule has 0 saturated heterocycles. The van der Waals surface area contributed by atoms with Crippen LogP contribution in [0.15, 0.2) is 28.7 Å². The highest BCUT2D eigenvalue weighted by atomic mass is 32.1. The first-order valence-electron chi connectivity index (χ1n) is 7.26. The van der Waals surface area contributed by atoms with Crippen molar-refractivity contribution >= 4 is 23.0 Å². The molecule has 0 unspecified atom stereocenters. The van der Waals surface area contributed by atoms with Crippen LogP contribution >= 0.6 is 11.3 Å². The number of amides is 1. The third-order valence-corrected chi connectivity index (χ3v) is 4.25. The van der Waals surface area contributed by atoms with Gasteiger partial charge in [-0.15, -0.1) is 11.3 Å². The quantitative estimate of drug-likeness (QED) is 0.689. The smallest absolute Gasteiger partial charge is 0.246 e. The molecule has 1 aromatic heterocycles. The average Bonchev–Trinajstić information content (AvgIpc) is 2.97. The maximum atomic E-state index is 11.9. The highest BCUT2D eigenvalue weighted by Crippen LogP contribution is 2.30. The Hall–Kier alpha value is -2.41. The molecule has 0 atom stereocenters. The summed E-state index contributed by atoms with van der Waals surface area (Å²) in [5, 5.41) is 6.85. The molecule has 23 heavy (non-hydrogen) atoms. The number of nitrogens with zero attached hydrogens (tertiary/aromatic N) is 2. The molecule has 1 amide bonds. The molecule has 0 bridgehead atoms. The number of carbonyl (C=O) groups is 1. The van der Waals surface area contributed by atoms with E-state index in [1.54, 1.807) is 0 Å². The van der Waals surface area contributed by atoms with Crippen LogP contribution in [-0.4, -0.2) is 29.8 Å². The van der Waals surface area contributed by atoms with Crippen molar-refractivity contribution in [2.75, 3.05) is 13.2 Å². The van der Waals surface area contributed by atoms with E-state index >= 15 is 0 Å². The topological polar surface area (TPSA) is 72.8 Å². The van der Waals surface area contributed by atoms with Gasteiger partial charge in [-0.25, -0.2) is 10.4 Å². The maximum absolute atomic E-state index is 11.9. The van der Waals surface area contributed by atoms with Crippen LogP contribution in [0.3, 0.4) is 0 Å². The Labute approximate surface area is 138 Å². The second-order valence-electron chi connectivity index (χ2n) is 5.15. The van der Waals surface area contributed by atoms with E-state index in [0.29, 0.717) is 24.7 Å². The van der Waals surface area contributed by atoms with E-state index in [4.69, 9.17) is 9.47 Å². The summed E-state index contributed by atoms with van der Waals surface area (Å²) in [4.78, 5) is 16.2. The van der Waals surface area contributed by atoms with Crippen molar-refractivity contribution in [3.63, 3.8) is 0 Å². The first kappa shape index (κ1) is 15.5. The molecule has 7 heteroatoms. The summed E-state index contributed by atoms with van der Waals surface area (Å²) >= 11 is 1.47. The number of aryl methyl sites for hydroxylation is 1. The Morgan fingerprint density at radius 3 is 2.87 bits per heavy atom. The largest absolute Gasteiger partial charge is 0.486 e. The second kappa shape index (κ2) is 6.78. The van der Waals surface area contributed by atoms with Crippen molar-refractivity contribution in [2.45, 2.75) is 20.3 Å². The lowest BCUT2D eigenvalue weighted by atomic mass is 10.1. The van der Waals surface area contributed by atoms with Crippen LogP contribution in [0.2, 0.25) is 0 Å². The Bertz CT molecular complexity index is 755. The zero-order valence-corrected chi connectivity index (χ0v) is 13.8. The van der Waals surface area contributed by atoms with E-state index in [9.17, 15) is 4.79 Å². The molecule has 0 aliphatic carbocycles. The lowest BCUT2D eigenvalue weighted by Gasteiger charge is -2.18. The summed E-state index contributed by atoms with van der Waals surface area (Å²) in [6.07, 6.45) is 0.233. The minimum atomic E-state index is -0.184. The SMILES string of the molecule is C/C(=N/NC(=O)Cc1nc(C)cs1)c1ccc2c(c1)OCCO2. The Balaban J connectivity index is 1.64. The lowest BCUT2D eigenvalue weighted by Crippen LogP contribution is -2.21. The van der Waals surface area contributed by atoms with Crippen molar-refractivity contribution in [3.05, 3.63) is 39.8 Å². The van der Waals surface area contributed by atoms with E-state index < -0.39 is 0 Å². The molecule has 120 valence electrons. The van der Waals surface area contributed by atoms with Crippen molar-refractivity contribution in [3.8, 4) is 11.5 Å². The molecule has 1 aromatic carbocycles. The molecule has 2 aromatic rings. The van der Waals surface area contributed by atoms with Crippen molar-refractivity contribution < 1.29 is 14.3 Å². The number of hydrazone groups is 1. The average molecular weight is 331 g/mol. The molecule has 3 rings (SSSR count). The van der Waals surface area contributed by atoms with Gasteiger partial charge in [-0.3, -0.25) is 4.79 Å². The summed E-state index contributed by atoms with van der Waals surface area (Å²) in [5.74, 6) is 1.25. The van der Waals surface area contributed by atoms with Gasteiger partial charge < -0.3 is 9.47 Å². The fraction of sp³-hybridized carbons (Fsp3) is 0.312. The standard InChI is InChI=1S/C16H17N3O3S/c1-10-9-23-16(17-10)8-15(20)19-18-11(2)12-3-4-13-14(7-12)22-6-5-21-13/h3-4,7,9H,5-6,8H2,1-2H3,(H,19,20)/b18-11-. The predicted octanol–water partition coefficient (Wildman–Crippen LogP) is 2.31. The molecule has 0 radical (unpaired) electrons. The van der Waals surface area contributed by atoms with E-state index in [2.05, 4.69) is 15.5 Å². The number of carbonyl (C=O) groups excluding carboxylic acids is 1. The van der Waals surface area contributed by atoms with Crippen LogP contribution in [0.5, 0.6) is 11.5 Å². The first-order chi connectivity index (χ1) is 11.1. The molecule has 1 N–H and O–H groups in total. The fourth-order valence-electron chi connectivity index (χ4n) is 2.14. The number of thiazole rings is 1. The van der Waals surface area contributed by atoms with Gasteiger partial charge in [0.05, 0.1) is 12.1 Å². The number of benzene rings is 1. The Morgan fingerprint density at radius 1 is 1.35 bits per heavy atom. The maximum Gasteiger partial charge on any atom is 0.246 e. The summed E-state index contributed by atoms with van der Waals surface area (Å²) in [7, 11) is 0. The summed E-state index contributed by atoms with van der Waals surface area (Å²) in [6, 6.07) is 5.61. The number of aromatic nitrogens is 1. The van der Waals surface area contributed by atoms with Crippen LogP contribution in [-0.2, 0) is 11.2 Å². The molecule has 2 heterocycles. The Morgan fingerprint density at radius 2 is 2.13 bits per heavy atom. The molecular weight excluding hydrogens is 314 g/mol. The van der Waals surface area contributed by atoms with Gasteiger partial charge in [-0.05, 0) is 32.0 Å². The van der Waals surface area contributed by atoms with Crippen LogP contribution < -0.4 is 14.9 Å². The highest BCUT2D eigenvalue weighted by Gasteiger charge is 2.13. The summed E-state index contributed by atoms with van der Waals surface area (Å²) in [5.41, 5.74) is 5.06. The van der Waals surface area contributed by atoms with Gasteiger partial charge in [0.1, 0.15) is 18.2 Å². The molecule has 0 fully saturated rings. The number of rotatable bonds is 4. The van der Waals surface area contributed by atoms with Gasteiger partial charge >= 0.3 is 0 Å². The molecule has 0 saturated carbocycles. The third-order valence-electron chi connectivity index (χ3n) is 3.29. The number of ether oxygens (including phenoxy) is 2. The van der Waals surface area contributed by atoms with Crippen molar-refractivity contribution in [1.29, 1.82) is 0 Å². The molecule has 0 spiro atoms. The minimum Gasteiger partial charge on any atom is -0.486 e. The molecular formula is C16H17N3O3S. The monoisotopic (exact) mass is 331 g/mol. The number of hydrogen-bond donors (Lipinski definition) is 1. The summed E-state index contributed by atoms with van der Waals surface area (Å²) < 4.78 is 11.0. The van der Waals surface area contributed by atoms with Gasteiger partial charge in [0.15, 0.2) is 11.5 Å². The molecule has 1 aliphatic heterocycles. The van der Waals surface area contributed by atoms with Gasteiger partial charge in [-0.2, -0.15) is 5.10 Å². The van der Waals surface area contributed by atoms with E-state index in [1.807, 2.05) is 37.4 Å². The van der Waals surface area contributed by atoms with Gasteiger partial charge in [-0.1, -0.05) is 0 Å². The predicted molar refractivity (Wildman–Crippen MR) is 88.3 cm³/mol. The zero-order valence-electron chi connectivity index (χ0n) is 13.0. The van der Waals surface area contributed by atoms with Crippen molar-refractivity contribution in [2.24, 2.45) is 5.10 Å². The number of fused-ring (bicyclic) bond motifs is 1. The lowest BCUT2D eigenvalue weighted by molar-refractivity contribution is -0.120. The summed E-state index contributed by atoms with van der Waals surface area (Å²) in [6.45, 7) is 4.84. The zero-order chi connectivity index (χ0) is 16.2. The van der Waals surface area contributed by atoms with Crippen LogP contribution in [0.1, 0.15) is 23.2 Å². The van der Waals surface area contributed by atoms with E-state index in [-0.39, 0.29) is 12.3 Å². The molecule has 1 aliphatic rings. The van der Waals surface area contributed by atoms with Crippen LogP contribution in [0.25, 0.3) is 0 Å². The van der Waals surface area contributed by atoms with Crippen LogP contribution in [0.4, 0.5) is 0 Å². The van der Waals surface area contributed by atoms with Crippen molar-refractivity contribution in [1.82, 2.24) is 10.4 Å². The normalized spacial score (nSPS) is 13.7. The Kier molecular flexibility index (Phi) is 4.57. The number of nitrogens with one attached hydrogen (secondary N) is 1. The number of hydrogen-bond acceptors (Lipinski definition) is 6. The second-order valence-corrected chi connectivity index (χ2v) is 6.09. The minimum absolute atomic E-state index is 0.184. The van der Waals surface area contributed by atoms with E-state index in [0.717, 1.165) is 22.0 Å². The van der Waals surface area contributed by atoms with Crippen LogP contribution in [0, 0.1) is 6.92 Å². The molecule has 6 nitrogen and oxygen atoms in total. The van der Waals surface area contributed by atoms with Gasteiger partial charge in [0, 0.05) is 16.6 Å². The highest BCUT2D eigenvalue weighted by molar-refractivity contribution is 7.09. The van der Waals surface area contributed by atoms with E-state index in [1.165, 1.54) is 11.3 Å².